The molecule has 0 saturated carbocycles. The normalized spacial score (nSPS) is 16.6. The molecular formula is C25H38IN5O. The zero-order chi connectivity index (χ0) is 21.9. The minimum atomic E-state index is 0. The molecule has 1 atom stereocenters. The predicted octanol–water partition coefficient (Wildman–Crippen LogP) is 3.57. The molecule has 176 valence electrons. The largest absolute Gasteiger partial charge is 0.492 e. The highest BCUT2D eigenvalue weighted by Gasteiger charge is 2.24. The third kappa shape index (κ3) is 8.96. The number of nitrogens with zero attached hydrogens (tertiary/aromatic N) is 3. The Labute approximate surface area is 210 Å². The van der Waals surface area contributed by atoms with E-state index in [0.29, 0.717) is 19.2 Å². The van der Waals surface area contributed by atoms with E-state index in [9.17, 15) is 0 Å². The summed E-state index contributed by atoms with van der Waals surface area (Å²) in [4.78, 5) is 9.09. The average Bonchev–Trinajstić information content (AvgIpc) is 3.21. The van der Waals surface area contributed by atoms with Gasteiger partial charge < -0.3 is 20.3 Å². The van der Waals surface area contributed by atoms with Crippen LogP contribution < -0.4 is 15.4 Å². The van der Waals surface area contributed by atoms with E-state index in [0.717, 1.165) is 37.9 Å². The maximum Gasteiger partial charge on any atom is 0.191 e. The van der Waals surface area contributed by atoms with Gasteiger partial charge >= 0.3 is 0 Å². The molecule has 1 fully saturated rings. The maximum atomic E-state index is 5.85. The molecule has 1 saturated heterocycles. The van der Waals surface area contributed by atoms with Gasteiger partial charge in [-0.05, 0) is 56.7 Å². The van der Waals surface area contributed by atoms with Crippen LogP contribution in [0.4, 0.5) is 0 Å². The lowest BCUT2D eigenvalue weighted by Crippen LogP contribution is -2.44. The molecule has 0 bridgehead atoms. The number of likely N-dealkylation sites (N-methyl/N-ethyl adjacent to an activating group) is 1. The van der Waals surface area contributed by atoms with Crippen LogP contribution in [0.2, 0.25) is 0 Å². The zero-order valence-corrected chi connectivity index (χ0v) is 21.9. The number of hydrogen-bond acceptors (Lipinski definition) is 4. The van der Waals surface area contributed by atoms with Crippen LogP contribution in [0.3, 0.4) is 0 Å². The first-order chi connectivity index (χ1) is 15.1. The van der Waals surface area contributed by atoms with Crippen molar-refractivity contribution < 1.29 is 4.74 Å². The Balaban J connectivity index is 0.00000363. The van der Waals surface area contributed by atoms with Gasteiger partial charge in [-0.3, -0.25) is 9.89 Å². The van der Waals surface area contributed by atoms with Crippen molar-refractivity contribution in [2.45, 2.75) is 32.0 Å². The highest BCUT2D eigenvalue weighted by Crippen LogP contribution is 2.19. The second kappa shape index (κ2) is 14.3. The van der Waals surface area contributed by atoms with Gasteiger partial charge in [-0.25, -0.2) is 0 Å². The van der Waals surface area contributed by atoms with E-state index < -0.39 is 0 Å². The van der Waals surface area contributed by atoms with E-state index in [1.54, 1.807) is 0 Å². The third-order valence-corrected chi connectivity index (χ3v) is 5.62. The summed E-state index contributed by atoms with van der Waals surface area (Å²) in [5.41, 5.74) is 2.56. The smallest absolute Gasteiger partial charge is 0.191 e. The van der Waals surface area contributed by atoms with Crippen LogP contribution in [0.1, 0.15) is 24.0 Å². The van der Waals surface area contributed by atoms with Crippen molar-refractivity contribution in [2.75, 3.05) is 47.4 Å². The van der Waals surface area contributed by atoms with Gasteiger partial charge in [0.2, 0.25) is 0 Å². The summed E-state index contributed by atoms with van der Waals surface area (Å²) in [5, 5.41) is 6.95. The van der Waals surface area contributed by atoms with E-state index in [1.165, 1.54) is 24.0 Å². The monoisotopic (exact) mass is 551 g/mol. The van der Waals surface area contributed by atoms with Crippen molar-refractivity contribution >= 4 is 29.9 Å². The standard InChI is InChI=1S/C25H37N5O.HI/c1-26-25(27-18-22-11-7-13-24(17-22)31-16-15-29(2)3)28-19-23-12-8-14-30(23)20-21-9-5-4-6-10-21;/h4-7,9-11,13,17,23H,8,12,14-16,18-20H2,1-3H3,(H2,26,27,28);1H. The van der Waals surface area contributed by atoms with Gasteiger partial charge in [-0.2, -0.15) is 0 Å². The number of benzene rings is 2. The number of aliphatic imine (C=N–C) groups is 1. The molecule has 0 radical (unpaired) electrons. The maximum absolute atomic E-state index is 5.85. The first-order valence-electron chi connectivity index (χ1n) is 11.2. The van der Waals surface area contributed by atoms with E-state index in [1.807, 2.05) is 19.2 Å². The first kappa shape index (κ1) is 26.4. The molecule has 1 aliphatic heterocycles. The minimum absolute atomic E-state index is 0. The van der Waals surface area contributed by atoms with Crippen molar-refractivity contribution in [3.63, 3.8) is 0 Å². The van der Waals surface area contributed by atoms with Gasteiger partial charge in [0.25, 0.3) is 0 Å². The molecule has 2 aromatic carbocycles. The van der Waals surface area contributed by atoms with E-state index >= 15 is 0 Å². The van der Waals surface area contributed by atoms with Crippen LogP contribution in [-0.2, 0) is 13.1 Å². The third-order valence-electron chi connectivity index (χ3n) is 5.62. The van der Waals surface area contributed by atoms with Crippen molar-refractivity contribution in [3.05, 3.63) is 65.7 Å². The lowest BCUT2D eigenvalue weighted by atomic mass is 10.2. The van der Waals surface area contributed by atoms with Gasteiger partial charge in [0.1, 0.15) is 12.4 Å². The highest BCUT2D eigenvalue weighted by molar-refractivity contribution is 14.0. The summed E-state index contributed by atoms with van der Waals surface area (Å²) in [6.45, 7) is 5.38. The summed E-state index contributed by atoms with van der Waals surface area (Å²) in [7, 11) is 5.93. The SMILES string of the molecule is CN=C(NCc1cccc(OCCN(C)C)c1)NCC1CCCN1Cc1ccccc1.I. The number of rotatable bonds is 10. The van der Waals surface area contributed by atoms with Gasteiger partial charge in [0, 0.05) is 39.3 Å². The summed E-state index contributed by atoms with van der Waals surface area (Å²) >= 11 is 0. The first-order valence-corrected chi connectivity index (χ1v) is 11.2. The van der Waals surface area contributed by atoms with E-state index in [-0.39, 0.29) is 24.0 Å². The van der Waals surface area contributed by atoms with Crippen LogP contribution >= 0.6 is 24.0 Å². The number of hydrogen-bond donors (Lipinski definition) is 2. The molecule has 0 amide bonds. The average molecular weight is 552 g/mol. The van der Waals surface area contributed by atoms with Crippen LogP contribution in [0.15, 0.2) is 59.6 Å². The molecule has 0 aromatic heterocycles. The predicted molar refractivity (Wildman–Crippen MR) is 144 cm³/mol. The molecule has 1 unspecified atom stereocenters. The van der Waals surface area contributed by atoms with E-state index in [4.69, 9.17) is 4.74 Å². The van der Waals surface area contributed by atoms with Crippen molar-refractivity contribution in [2.24, 2.45) is 4.99 Å². The van der Waals surface area contributed by atoms with Crippen molar-refractivity contribution in [1.29, 1.82) is 0 Å². The Morgan fingerprint density at radius 1 is 1.09 bits per heavy atom. The number of nitrogens with one attached hydrogen (secondary N) is 2. The molecule has 0 spiro atoms. The van der Waals surface area contributed by atoms with Gasteiger partial charge in [0.15, 0.2) is 5.96 Å². The number of likely N-dealkylation sites (tertiary alicyclic amines) is 1. The number of guanidine groups is 1. The second-order valence-corrected chi connectivity index (χ2v) is 8.36. The molecule has 2 N–H and O–H groups in total. The van der Waals surface area contributed by atoms with Gasteiger partial charge in [0.05, 0.1) is 0 Å². The van der Waals surface area contributed by atoms with Crippen LogP contribution in [0, 0.1) is 0 Å². The van der Waals surface area contributed by atoms with Crippen LogP contribution in [0.25, 0.3) is 0 Å². The summed E-state index contributed by atoms with van der Waals surface area (Å²) in [5.74, 6) is 1.75. The summed E-state index contributed by atoms with van der Waals surface area (Å²) in [6.07, 6.45) is 2.48. The fourth-order valence-electron chi connectivity index (χ4n) is 3.86. The Hall–Kier alpha value is -1.84. The van der Waals surface area contributed by atoms with Gasteiger partial charge in [-0.15, -0.1) is 24.0 Å². The van der Waals surface area contributed by atoms with Crippen LogP contribution in [-0.4, -0.2) is 69.2 Å². The highest BCUT2D eigenvalue weighted by atomic mass is 127. The van der Waals surface area contributed by atoms with Crippen molar-refractivity contribution in [3.8, 4) is 5.75 Å². The Kier molecular flexibility index (Phi) is 11.8. The molecule has 7 heteroatoms. The number of halogens is 1. The molecule has 32 heavy (non-hydrogen) atoms. The molecule has 0 aliphatic carbocycles. The Bertz CT molecular complexity index is 815. The lowest BCUT2D eigenvalue weighted by molar-refractivity contribution is 0.245. The number of ether oxygens (including phenoxy) is 1. The van der Waals surface area contributed by atoms with Crippen LogP contribution in [0.5, 0.6) is 5.75 Å². The van der Waals surface area contributed by atoms with Crippen molar-refractivity contribution in [1.82, 2.24) is 20.4 Å². The molecule has 1 heterocycles. The summed E-state index contributed by atoms with van der Waals surface area (Å²) in [6, 6.07) is 19.5. The zero-order valence-electron chi connectivity index (χ0n) is 19.6. The lowest BCUT2D eigenvalue weighted by Gasteiger charge is -2.25. The Morgan fingerprint density at radius 3 is 2.62 bits per heavy atom. The molecule has 1 aliphatic rings. The molecule has 2 aromatic rings. The minimum Gasteiger partial charge on any atom is -0.492 e. The fourth-order valence-corrected chi connectivity index (χ4v) is 3.86. The van der Waals surface area contributed by atoms with Gasteiger partial charge in [-0.1, -0.05) is 42.5 Å². The molecule has 3 rings (SSSR count). The topological polar surface area (TPSA) is 52.1 Å². The fraction of sp³-hybridized carbons (Fsp3) is 0.480. The molecule has 6 nitrogen and oxygen atoms in total. The molecular weight excluding hydrogens is 513 g/mol. The Morgan fingerprint density at radius 2 is 1.88 bits per heavy atom. The summed E-state index contributed by atoms with van der Waals surface area (Å²) < 4.78 is 5.85. The quantitative estimate of drug-likeness (QED) is 0.269. The second-order valence-electron chi connectivity index (χ2n) is 8.36. The van der Waals surface area contributed by atoms with E-state index in [2.05, 4.69) is 82.0 Å².